The number of benzene rings is 2. The van der Waals surface area contributed by atoms with E-state index in [4.69, 9.17) is 22.1 Å². The molecule has 1 unspecified atom stereocenters. The molecule has 6 heteroatoms. The molecule has 0 saturated carbocycles. The molecule has 0 radical (unpaired) electrons. The van der Waals surface area contributed by atoms with Gasteiger partial charge >= 0.3 is 6.09 Å². The van der Waals surface area contributed by atoms with Crippen molar-refractivity contribution in [1.82, 2.24) is 5.32 Å². The van der Waals surface area contributed by atoms with Crippen LogP contribution in [0.3, 0.4) is 0 Å². The van der Waals surface area contributed by atoms with Crippen LogP contribution >= 0.6 is 11.6 Å². The first-order valence-electron chi connectivity index (χ1n) is 8.75. The lowest BCUT2D eigenvalue weighted by atomic mass is 9.99. The van der Waals surface area contributed by atoms with E-state index in [1.807, 2.05) is 48.5 Å². The lowest BCUT2D eigenvalue weighted by Crippen LogP contribution is -2.42. The summed E-state index contributed by atoms with van der Waals surface area (Å²) in [6.07, 6.45) is -0.0582. The van der Waals surface area contributed by atoms with Gasteiger partial charge in [0.25, 0.3) is 0 Å². The Morgan fingerprint density at radius 3 is 2.33 bits per heavy atom. The second-order valence-corrected chi connectivity index (χ2v) is 7.86. The van der Waals surface area contributed by atoms with Gasteiger partial charge in [0.2, 0.25) is 5.91 Å². The van der Waals surface area contributed by atoms with Gasteiger partial charge in [0, 0.05) is 17.5 Å². The first-order chi connectivity index (χ1) is 12.6. The number of amides is 2. The maximum atomic E-state index is 12.0. The van der Waals surface area contributed by atoms with Crippen LogP contribution in [-0.2, 0) is 16.0 Å². The summed E-state index contributed by atoms with van der Waals surface area (Å²) in [7, 11) is 0. The Bertz CT molecular complexity index is 798. The normalized spacial score (nSPS) is 12.3. The Hall–Kier alpha value is -2.53. The molecule has 0 aliphatic heterocycles. The molecular weight excluding hydrogens is 364 g/mol. The fourth-order valence-electron chi connectivity index (χ4n) is 2.68. The first kappa shape index (κ1) is 20.8. The van der Waals surface area contributed by atoms with Crippen molar-refractivity contribution in [2.75, 3.05) is 0 Å². The number of carbonyl (C=O) groups excluding carboxylic acids is 2. The summed E-state index contributed by atoms with van der Waals surface area (Å²) in [5.41, 5.74) is 7.74. The van der Waals surface area contributed by atoms with Gasteiger partial charge in [-0.05, 0) is 56.0 Å². The van der Waals surface area contributed by atoms with E-state index < -0.39 is 23.6 Å². The molecule has 0 aromatic heterocycles. The summed E-state index contributed by atoms with van der Waals surface area (Å²) in [4.78, 5) is 23.4. The molecule has 2 amide bonds. The molecule has 0 aliphatic carbocycles. The summed E-state index contributed by atoms with van der Waals surface area (Å²) in [6, 6.07) is 15.1. The minimum atomic E-state index is -0.611. The quantitative estimate of drug-likeness (QED) is 0.773. The van der Waals surface area contributed by atoms with Crippen LogP contribution in [0.4, 0.5) is 4.79 Å². The van der Waals surface area contributed by atoms with Gasteiger partial charge in [-0.3, -0.25) is 4.79 Å². The third-order valence-corrected chi connectivity index (χ3v) is 4.00. The van der Waals surface area contributed by atoms with Crippen LogP contribution in [0.1, 0.15) is 32.8 Å². The number of nitrogens with two attached hydrogens (primary N) is 1. The molecule has 0 fully saturated rings. The average Bonchev–Trinajstić information content (AvgIpc) is 2.53. The van der Waals surface area contributed by atoms with Gasteiger partial charge < -0.3 is 15.8 Å². The summed E-state index contributed by atoms with van der Waals surface area (Å²) in [5, 5.41) is 3.41. The summed E-state index contributed by atoms with van der Waals surface area (Å²) < 4.78 is 5.26. The number of carbonyl (C=O) groups is 2. The predicted molar refractivity (Wildman–Crippen MR) is 108 cm³/mol. The van der Waals surface area contributed by atoms with Crippen molar-refractivity contribution in [3.05, 3.63) is 59.1 Å². The van der Waals surface area contributed by atoms with Crippen molar-refractivity contribution in [2.24, 2.45) is 5.73 Å². The minimum absolute atomic E-state index is 0.0370. The van der Waals surface area contributed by atoms with Crippen LogP contribution < -0.4 is 11.1 Å². The minimum Gasteiger partial charge on any atom is -0.444 e. The van der Waals surface area contributed by atoms with Gasteiger partial charge in [-0.1, -0.05) is 48.0 Å². The van der Waals surface area contributed by atoms with Crippen molar-refractivity contribution in [3.8, 4) is 11.1 Å². The molecule has 0 bridgehead atoms. The second kappa shape index (κ2) is 8.91. The van der Waals surface area contributed by atoms with Gasteiger partial charge in [-0.15, -0.1) is 0 Å². The SMILES string of the molecule is CC(C)(C)OC(=O)NC(CC(N)=O)Cc1ccc(-c2cccc(Cl)c2)cc1. The van der Waals surface area contributed by atoms with Crippen LogP contribution in [-0.4, -0.2) is 23.6 Å². The van der Waals surface area contributed by atoms with Crippen LogP contribution in [0.2, 0.25) is 5.02 Å². The largest absolute Gasteiger partial charge is 0.444 e. The molecule has 2 aromatic rings. The highest BCUT2D eigenvalue weighted by molar-refractivity contribution is 6.30. The molecule has 0 saturated heterocycles. The Balaban J connectivity index is 2.08. The van der Waals surface area contributed by atoms with E-state index in [0.29, 0.717) is 11.4 Å². The van der Waals surface area contributed by atoms with Crippen LogP contribution in [0.15, 0.2) is 48.5 Å². The number of alkyl carbamates (subject to hydrolysis) is 1. The topological polar surface area (TPSA) is 81.4 Å². The molecule has 1 atom stereocenters. The van der Waals surface area contributed by atoms with Gasteiger partial charge in [0.05, 0.1) is 0 Å². The molecule has 3 N–H and O–H groups in total. The first-order valence-corrected chi connectivity index (χ1v) is 9.13. The number of primary amides is 1. The standard InChI is InChI=1S/C21H25ClN2O3/c1-21(2,3)27-20(26)24-18(13-19(23)25)11-14-7-9-15(10-8-14)16-5-4-6-17(22)12-16/h4-10,12,18H,11,13H2,1-3H3,(H2,23,25)(H,24,26). The van der Waals surface area contributed by atoms with Crippen molar-refractivity contribution in [2.45, 2.75) is 45.3 Å². The van der Waals surface area contributed by atoms with Gasteiger partial charge in [0.1, 0.15) is 5.60 Å². The highest BCUT2D eigenvalue weighted by atomic mass is 35.5. The zero-order valence-corrected chi connectivity index (χ0v) is 16.5. The number of hydrogen-bond donors (Lipinski definition) is 2. The molecule has 27 heavy (non-hydrogen) atoms. The van der Waals surface area contributed by atoms with E-state index in [9.17, 15) is 9.59 Å². The highest BCUT2D eigenvalue weighted by Gasteiger charge is 2.21. The lowest BCUT2D eigenvalue weighted by Gasteiger charge is -2.23. The summed E-state index contributed by atoms with van der Waals surface area (Å²) in [5.74, 6) is -0.480. The zero-order valence-electron chi connectivity index (χ0n) is 15.8. The van der Waals surface area contributed by atoms with Gasteiger partial charge in [-0.2, -0.15) is 0 Å². The Kier molecular flexibility index (Phi) is 6.86. The average molecular weight is 389 g/mol. The fourth-order valence-corrected chi connectivity index (χ4v) is 2.87. The number of nitrogens with one attached hydrogen (secondary N) is 1. The van der Waals surface area contributed by atoms with E-state index in [1.54, 1.807) is 20.8 Å². The Morgan fingerprint density at radius 1 is 1.11 bits per heavy atom. The van der Waals surface area contributed by atoms with Gasteiger partial charge in [0.15, 0.2) is 0 Å². The van der Waals surface area contributed by atoms with E-state index in [1.165, 1.54) is 0 Å². The van der Waals surface area contributed by atoms with Crippen molar-refractivity contribution in [1.29, 1.82) is 0 Å². The van der Waals surface area contributed by atoms with Crippen LogP contribution in [0.5, 0.6) is 0 Å². The predicted octanol–water partition coefficient (Wildman–Crippen LogP) is 4.32. The fraction of sp³-hybridized carbons (Fsp3) is 0.333. The number of rotatable bonds is 6. The number of ether oxygens (including phenoxy) is 1. The number of hydrogen-bond acceptors (Lipinski definition) is 3. The molecule has 0 spiro atoms. The molecule has 0 aliphatic rings. The monoisotopic (exact) mass is 388 g/mol. The van der Waals surface area contributed by atoms with Crippen molar-refractivity contribution < 1.29 is 14.3 Å². The second-order valence-electron chi connectivity index (χ2n) is 7.42. The third-order valence-electron chi connectivity index (χ3n) is 3.76. The molecule has 2 aromatic carbocycles. The summed E-state index contributed by atoms with van der Waals surface area (Å²) in [6.45, 7) is 5.35. The molecule has 0 heterocycles. The van der Waals surface area contributed by atoms with E-state index in [2.05, 4.69) is 5.32 Å². The van der Waals surface area contributed by atoms with Crippen LogP contribution in [0, 0.1) is 0 Å². The zero-order chi connectivity index (χ0) is 20.0. The van der Waals surface area contributed by atoms with E-state index in [-0.39, 0.29) is 6.42 Å². The third kappa shape index (κ3) is 7.31. The molecular formula is C21H25ClN2O3. The van der Waals surface area contributed by atoms with E-state index in [0.717, 1.165) is 16.7 Å². The lowest BCUT2D eigenvalue weighted by molar-refractivity contribution is -0.118. The smallest absolute Gasteiger partial charge is 0.407 e. The maximum absolute atomic E-state index is 12.0. The molecule has 2 rings (SSSR count). The van der Waals surface area contributed by atoms with E-state index >= 15 is 0 Å². The Morgan fingerprint density at radius 2 is 1.78 bits per heavy atom. The maximum Gasteiger partial charge on any atom is 0.407 e. The summed E-state index contributed by atoms with van der Waals surface area (Å²) >= 11 is 6.04. The van der Waals surface area contributed by atoms with Crippen LogP contribution in [0.25, 0.3) is 11.1 Å². The van der Waals surface area contributed by atoms with Crippen molar-refractivity contribution >= 4 is 23.6 Å². The van der Waals surface area contributed by atoms with Crippen molar-refractivity contribution in [3.63, 3.8) is 0 Å². The molecule has 5 nitrogen and oxygen atoms in total. The molecule has 144 valence electrons. The van der Waals surface area contributed by atoms with Gasteiger partial charge in [-0.25, -0.2) is 4.79 Å². The highest BCUT2D eigenvalue weighted by Crippen LogP contribution is 2.23. The Labute approximate surface area is 164 Å². The number of halogens is 1.